The Morgan fingerprint density at radius 1 is 1.42 bits per heavy atom. The van der Waals surface area contributed by atoms with E-state index in [1.54, 1.807) is 11.8 Å². The van der Waals surface area contributed by atoms with Crippen LogP contribution in [0.5, 0.6) is 0 Å². The summed E-state index contributed by atoms with van der Waals surface area (Å²) in [7, 11) is 4.10. The molecular weight excluding hydrogens is 168 g/mol. The van der Waals surface area contributed by atoms with Gasteiger partial charge in [-0.25, -0.2) is 4.98 Å². The Balaban J connectivity index is 2.72. The van der Waals surface area contributed by atoms with E-state index in [-0.39, 0.29) is 0 Å². The van der Waals surface area contributed by atoms with Gasteiger partial charge in [0.05, 0.1) is 10.7 Å². The number of pyridine rings is 1. The molecule has 0 fully saturated rings. The van der Waals surface area contributed by atoms with Crippen LogP contribution in [-0.4, -0.2) is 30.2 Å². The van der Waals surface area contributed by atoms with Gasteiger partial charge in [-0.15, -0.1) is 11.8 Å². The predicted octanol–water partition coefficient (Wildman–Crippen LogP) is 1.87. The summed E-state index contributed by atoms with van der Waals surface area (Å²) in [5, 5.41) is 1.09. The molecule has 1 aromatic rings. The maximum absolute atomic E-state index is 4.45. The van der Waals surface area contributed by atoms with Crippen molar-refractivity contribution in [3.05, 3.63) is 23.9 Å². The van der Waals surface area contributed by atoms with Gasteiger partial charge in [0.25, 0.3) is 0 Å². The number of hydrogen-bond donors (Lipinski definition) is 0. The average Bonchev–Trinajstić information content (AvgIpc) is 2.03. The van der Waals surface area contributed by atoms with Gasteiger partial charge in [-0.3, -0.25) is 0 Å². The molecule has 0 spiro atoms. The number of hydrogen-bond acceptors (Lipinski definition) is 3. The molecule has 0 aliphatic rings. The van der Waals surface area contributed by atoms with Crippen LogP contribution in [0.3, 0.4) is 0 Å². The maximum atomic E-state index is 4.45. The molecule has 1 aromatic heterocycles. The van der Waals surface area contributed by atoms with Crippen molar-refractivity contribution in [1.82, 2.24) is 9.88 Å². The molecule has 0 unspecified atom stereocenters. The average molecular weight is 182 g/mol. The van der Waals surface area contributed by atoms with Gasteiger partial charge in [-0.1, -0.05) is 6.07 Å². The first-order valence-corrected chi connectivity index (χ1v) is 5.09. The number of thioether (sulfide) groups is 1. The molecule has 1 heterocycles. The lowest BCUT2D eigenvalue weighted by atomic mass is 10.3. The monoisotopic (exact) mass is 182 g/mol. The lowest BCUT2D eigenvalue weighted by Crippen LogP contribution is -2.11. The van der Waals surface area contributed by atoms with E-state index in [0.29, 0.717) is 0 Å². The molecule has 3 heteroatoms. The van der Waals surface area contributed by atoms with E-state index in [4.69, 9.17) is 0 Å². The molecular formula is C9H14N2S. The van der Waals surface area contributed by atoms with E-state index in [1.807, 2.05) is 26.4 Å². The van der Waals surface area contributed by atoms with Crippen LogP contribution in [0.25, 0.3) is 0 Å². The standard InChI is InChI=1S/C9H14N2S/c1-11(2)7-8-5-4-6-9(10-8)12-3/h4-6H,7H2,1-3H3. The normalized spacial score (nSPS) is 10.7. The summed E-state index contributed by atoms with van der Waals surface area (Å²) < 4.78 is 0. The lowest BCUT2D eigenvalue weighted by Gasteiger charge is -2.08. The molecule has 66 valence electrons. The van der Waals surface area contributed by atoms with Gasteiger partial charge in [-0.2, -0.15) is 0 Å². The van der Waals surface area contributed by atoms with Crippen LogP contribution >= 0.6 is 11.8 Å². The second-order valence-corrected chi connectivity index (χ2v) is 3.74. The van der Waals surface area contributed by atoms with Gasteiger partial charge < -0.3 is 4.90 Å². The highest BCUT2D eigenvalue weighted by atomic mass is 32.2. The molecule has 0 N–H and O–H groups in total. The third-order valence-electron chi connectivity index (χ3n) is 1.47. The predicted molar refractivity (Wildman–Crippen MR) is 53.4 cm³/mol. The summed E-state index contributed by atoms with van der Waals surface area (Å²) in [5.41, 5.74) is 1.13. The van der Waals surface area contributed by atoms with Crippen molar-refractivity contribution in [1.29, 1.82) is 0 Å². The van der Waals surface area contributed by atoms with Gasteiger partial charge in [0.2, 0.25) is 0 Å². The minimum Gasteiger partial charge on any atom is -0.304 e. The topological polar surface area (TPSA) is 16.1 Å². The highest BCUT2D eigenvalue weighted by Crippen LogP contribution is 2.11. The highest BCUT2D eigenvalue weighted by molar-refractivity contribution is 7.98. The lowest BCUT2D eigenvalue weighted by molar-refractivity contribution is 0.395. The summed E-state index contributed by atoms with van der Waals surface area (Å²) in [5.74, 6) is 0. The van der Waals surface area contributed by atoms with E-state index in [0.717, 1.165) is 17.3 Å². The Bertz CT molecular complexity index is 248. The fourth-order valence-corrected chi connectivity index (χ4v) is 1.41. The van der Waals surface area contributed by atoms with Crippen LogP contribution < -0.4 is 0 Å². The first-order valence-electron chi connectivity index (χ1n) is 3.87. The highest BCUT2D eigenvalue weighted by Gasteiger charge is 1.97. The Kier molecular flexibility index (Phi) is 3.56. The molecule has 0 amide bonds. The number of nitrogens with zero attached hydrogens (tertiary/aromatic N) is 2. The van der Waals surface area contributed by atoms with Crippen LogP contribution in [0, 0.1) is 0 Å². The second kappa shape index (κ2) is 4.48. The quantitative estimate of drug-likeness (QED) is 0.664. The minimum absolute atomic E-state index is 0.911. The van der Waals surface area contributed by atoms with Gasteiger partial charge in [0.15, 0.2) is 0 Å². The second-order valence-electron chi connectivity index (χ2n) is 2.91. The Labute approximate surface area is 78.0 Å². The molecule has 0 atom stereocenters. The molecule has 1 rings (SSSR count). The largest absolute Gasteiger partial charge is 0.304 e. The smallest absolute Gasteiger partial charge is 0.0961 e. The fourth-order valence-electron chi connectivity index (χ4n) is 0.983. The molecule has 0 aliphatic carbocycles. The Hall–Kier alpha value is -0.540. The van der Waals surface area contributed by atoms with E-state index in [2.05, 4.69) is 22.0 Å². The zero-order valence-corrected chi connectivity index (χ0v) is 8.56. The van der Waals surface area contributed by atoms with Crippen molar-refractivity contribution < 1.29 is 0 Å². The van der Waals surface area contributed by atoms with Crippen molar-refractivity contribution in [3.8, 4) is 0 Å². The van der Waals surface area contributed by atoms with Gasteiger partial charge in [0.1, 0.15) is 0 Å². The van der Waals surface area contributed by atoms with Crippen molar-refractivity contribution in [2.24, 2.45) is 0 Å². The fraction of sp³-hybridized carbons (Fsp3) is 0.444. The Morgan fingerprint density at radius 2 is 2.17 bits per heavy atom. The summed E-state index contributed by atoms with van der Waals surface area (Å²) >= 11 is 1.68. The molecule has 0 radical (unpaired) electrons. The summed E-state index contributed by atoms with van der Waals surface area (Å²) in [4.78, 5) is 6.57. The third kappa shape index (κ3) is 2.83. The first-order chi connectivity index (χ1) is 5.72. The Morgan fingerprint density at radius 3 is 2.75 bits per heavy atom. The zero-order chi connectivity index (χ0) is 8.97. The van der Waals surface area contributed by atoms with Crippen LogP contribution in [-0.2, 0) is 6.54 Å². The molecule has 12 heavy (non-hydrogen) atoms. The number of rotatable bonds is 3. The number of aromatic nitrogens is 1. The summed E-state index contributed by atoms with van der Waals surface area (Å²) in [6.45, 7) is 0.911. The van der Waals surface area contributed by atoms with Gasteiger partial charge in [0, 0.05) is 6.54 Å². The van der Waals surface area contributed by atoms with Crippen LogP contribution in [0.1, 0.15) is 5.69 Å². The molecule has 0 aliphatic heterocycles. The molecule has 0 aromatic carbocycles. The maximum Gasteiger partial charge on any atom is 0.0961 e. The third-order valence-corrected chi connectivity index (χ3v) is 2.11. The SMILES string of the molecule is CSc1cccc(CN(C)C)n1. The molecule has 2 nitrogen and oxygen atoms in total. The van der Waals surface area contributed by atoms with E-state index < -0.39 is 0 Å². The van der Waals surface area contributed by atoms with Gasteiger partial charge >= 0.3 is 0 Å². The van der Waals surface area contributed by atoms with Crippen LogP contribution in [0.2, 0.25) is 0 Å². The summed E-state index contributed by atoms with van der Waals surface area (Å²) in [6.07, 6.45) is 2.04. The minimum atomic E-state index is 0.911. The van der Waals surface area contributed by atoms with Crippen molar-refractivity contribution >= 4 is 11.8 Å². The van der Waals surface area contributed by atoms with Crippen LogP contribution in [0.4, 0.5) is 0 Å². The van der Waals surface area contributed by atoms with Crippen molar-refractivity contribution in [3.63, 3.8) is 0 Å². The molecule has 0 saturated heterocycles. The van der Waals surface area contributed by atoms with Crippen LogP contribution in [0.15, 0.2) is 23.2 Å². The van der Waals surface area contributed by atoms with Crippen molar-refractivity contribution in [2.45, 2.75) is 11.6 Å². The first kappa shape index (κ1) is 9.55. The zero-order valence-electron chi connectivity index (χ0n) is 7.74. The summed E-state index contributed by atoms with van der Waals surface area (Å²) in [6, 6.07) is 6.14. The van der Waals surface area contributed by atoms with Crippen molar-refractivity contribution in [2.75, 3.05) is 20.4 Å². The van der Waals surface area contributed by atoms with Gasteiger partial charge in [-0.05, 0) is 32.5 Å². The molecule has 0 bridgehead atoms. The molecule has 0 saturated carbocycles. The van der Waals surface area contributed by atoms with E-state index in [9.17, 15) is 0 Å². The van der Waals surface area contributed by atoms with E-state index >= 15 is 0 Å². The van der Waals surface area contributed by atoms with E-state index in [1.165, 1.54) is 0 Å².